The van der Waals surface area contributed by atoms with Gasteiger partial charge in [0.15, 0.2) is 0 Å². The van der Waals surface area contributed by atoms with E-state index in [2.05, 4.69) is 9.82 Å². The summed E-state index contributed by atoms with van der Waals surface area (Å²) in [5.41, 5.74) is 2.97. The van der Waals surface area contributed by atoms with Gasteiger partial charge in [-0.25, -0.2) is 8.42 Å². The molecule has 0 aliphatic carbocycles. The minimum atomic E-state index is -3.59. The lowest BCUT2D eigenvalue weighted by molar-refractivity contribution is 0.600. The molecule has 0 aliphatic heterocycles. The Balaban J connectivity index is 2.40. The van der Waals surface area contributed by atoms with Crippen LogP contribution in [-0.4, -0.2) is 18.2 Å². The van der Waals surface area contributed by atoms with E-state index in [-0.39, 0.29) is 0 Å². The molecule has 0 bridgehead atoms. The highest BCUT2D eigenvalue weighted by Gasteiger charge is 2.19. The van der Waals surface area contributed by atoms with Crippen LogP contribution in [0.3, 0.4) is 0 Å². The van der Waals surface area contributed by atoms with Gasteiger partial charge in [0.05, 0.1) is 22.5 Å². The Morgan fingerprint density at radius 1 is 1.25 bits per heavy atom. The molecule has 1 aromatic heterocycles. The van der Waals surface area contributed by atoms with Gasteiger partial charge in [-0.1, -0.05) is 12.1 Å². The number of rotatable bonds is 4. The molecule has 0 atom stereocenters. The summed E-state index contributed by atoms with van der Waals surface area (Å²) in [4.78, 5) is 0.307. The topological polar surface area (TPSA) is 64.0 Å². The first-order valence-electron chi connectivity index (χ1n) is 6.47. The maximum Gasteiger partial charge on any atom is 0.262 e. The monoisotopic (exact) mass is 293 g/mol. The van der Waals surface area contributed by atoms with Crippen molar-refractivity contribution in [2.24, 2.45) is 0 Å². The molecule has 1 aromatic carbocycles. The Morgan fingerprint density at radius 2 is 1.95 bits per heavy atom. The third-order valence-corrected chi connectivity index (χ3v) is 4.79. The first-order chi connectivity index (χ1) is 9.35. The van der Waals surface area contributed by atoms with Gasteiger partial charge in [-0.15, -0.1) is 0 Å². The molecule has 0 saturated heterocycles. The van der Waals surface area contributed by atoms with E-state index in [1.807, 2.05) is 32.9 Å². The number of anilines is 1. The molecule has 0 saturated carbocycles. The molecule has 1 N–H and O–H groups in total. The van der Waals surface area contributed by atoms with Gasteiger partial charge in [0, 0.05) is 6.54 Å². The predicted molar refractivity (Wildman–Crippen MR) is 79.4 cm³/mol. The second-order valence-electron chi connectivity index (χ2n) is 4.83. The van der Waals surface area contributed by atoms with Crippen LogP contribution in [-0.2, 0) is 16.6 Å². The normalized spacial score (nSPS) is 11.6. The molecular formula is C14H19N3O2S. The minimum absolute atomic E-state index is 0.307. The molecular weight excluding hydrogens is 274 g/mol. The third-order valence-electron chi connectivity index (χ3n) is 3.28. The van der Waals surface area contributed by atoms with Gasteiger partial charge in [-0.3, -0.25) is 9.40 Å². The average molecular weight is 293 g/mol. The van der Waals surface area contributed by atoms with E-state index in [9.17, 15) is 8.42 Å². The number of hydrogen-bond donors (Lipinski definition) is 1. The molecule has 0 fully saturated rings. The fourth-order valence-corrected chi connectivity index (χ4v) is 3.49. The number of sulfonamides is 1. The molecule has 5 nitrogen and oxygen atoms in total. The lowest BCUT2D eigenvalue weighted by Gasteiger charge is -2.11. The summed E-state index contributed by atoms with van der Waals surface area (Å²) in [5.74, 6) is 0. The summed E-state index contributed by atoms with van der Waals surface area (Å²) in [6.07, 6.45) is 1.54. The zero-order valence-electron chi connectivity index (χ0n) is 12.1. The Kier molecular flexibility index (Phi) is 3.85. The van der Waals surface area contributed by atoms with E-state index < -0.39 is 10.0 Å². The smallest absolute Gasteiger partial charge is 0.262 e. The van der Waals surface area contributed by atoms with Crippen molar-refractivity contribution >= 4 is 15.7 Å². The molecule has 0 spiro atoms. The van der Waals surface area contributed by atoms with Crippen molar-refractivity contribution in [1.82, 2.24) is 9.78 Å². The number of nitrogens with one attached hydrogen (secondary N) is 1. The fraction of sp³-hybridized carbons (Fsp3) is 0.357. The zero-order valence-corrected chi connectivity index (χ0v) is 13.0. The Bertz CT molecular complexity index is 733. The fourth-order valence-electron chi connectivity index (χ4n) is 2.06. The molecule has 0 unspecified atom stereocenters. The lowest BCUT2D eigenvalue weighted by atomic mass is 10.2. The van der Waals surface area contributed by atoms with Gasteiger partial charge in [-0.05, 0) is 44.9 Å². The highest BCUT2D eigenvalue weighted by molar-refractivity contribution is 7.92. The molecule has 2 rings (SSSR count). The molecule has 0 aliphatic rings. The van der Waals surface area contributed by atoms with Crippen LogP contribution in [0.4, 0.5) is 5.69 Å². The third kappa shape index (κ3) is 2.70. The summed E-state index contributed by atoms with van der Waals surface area (Å²) in [6.45, 7) is 8.17. The summed E-state index contributed by atoms with van der Waals surface area (Å²) in [6, 6.07) is 5.39. The van der Waals surface area contributed by atoms with Crippen molar-refractivity contribution in [3.63, 3.8) is 0 Å². The van der Waals surface area contributed by atoms with E-state index >= 15 is 0 Å². The first kappa shape index (κ1) is 14.6. The van der Waals surface area contributed by atoms with E-state index in [1.54, 1.807) is 23.9 Å². The number of aryl methyl sites for hydroxylation is 3. The van der Waals surface area contributed by atoms with Crippen molar-refractivity contribution < 1.29 is 8.42 Å². The van der Waals surface area contributed by atoms with Crippen LogP contribution in [0.25, 0.3) is 0 Å². The highest BCUT2D eigenvalue weighted by Crippen LogP contribution is 2.22. The quantitative estimate of drug-likeness (QED) is 0.942. The first-order valence-corrected chi connectivity index (χ1v) is 7.96. The Labute approximate surface area is 119 Å². The number of nitrogens with zero attached hydrogens (tertiary/aromatic N) is 2. The number of aromatic nitrogens is 2. The molecule has 2 aromatic rings. The van der Waals surface area contributed by atoms with Crippen LogP contribution in [0.15, 0.2) is 29.3 Å². The lowest BCUT2D eigenvalue weighted by Crippen LogP contribution is -2.15. The zero-order chi connectivity index (χ0) is 14.9. The van der Waals surface area contributed by atoms with E-state index in [0.717, 1.165) is 16.8 Å². The molecule has 20 heavy (non-hydrogen) atoms. The van der Waals surface area contributed by atoms with Crippen molar-refractivity contribution in [3.8, 4) is 0 Å². The van der Waals surface area contributed by atoms with Crippen molar-refractivity contribution in [3.05, 3.63) is 41.2 Å². The van der Waals surface area contributed by atoms with E-state index in [4.69, 9.17) is 0 Å². The van der Waals surface area contributed by atoms with Gasteiger partial charge in [-0.2, -0.15) is 5.10 Å². The second-order valence-corrected chi connectivity index (χ2v) is 6.48. The maximum absolute atomic E-state index is 12.5. The largest absolute Gasteiger partial charge is 0.276 e. The summed E-state index contributed by atoms with van der Waals surface area (Å²) < 4.78 is 29.3. The van der Waals surface area contributed by atoms with Crippen LogP contribution >= 0.6 is 0 Å². The van der Waals surface area contributed by atoms with Crippen LogP contribution in [0.2, 0.25) is 0 Å². The molecule has 0 amide bonds. The van der Waals surface area contributed by atoms with Crippen molar-refractivity contribution in [2.75, 3.05) is 4.72 Å². The molecule has 108 valence electrons. The molecule has 6 heteroatoms. The summed E-state index contributed by atoms with van der Waals surface area (Å²) in [5, 5.41) is 4.14. The minimum Gasteiger partial charge on any atom is -0.276 e. The van der Waals surface area contributed by atoms with Crippen molar-refractivity contribution in [2.45, 2.75) is 39.1 Å². The highest BCUT2D eigenvalue weighted by atomic mass is 32.2. The van der Waals surface area contributed by atoms with Gasteiger partial charge in [0.1, 0.15) is 0 Å². The number of benzene rings is 1. The van der Waals surface area contributed by atoms with E-state index in [0.29, 0.717) is 17.1 Å². The summed E-state index contributed by atoms with van der Waals surface area (Å²) in [7, 11) is -3.59. The van der Waals surface area contributed by atoms with Crippen LogP contribution in [0, 0.1) is 20.8 Å². The SMILES string of the molecule is CCn1ncc(NS(=O)(=O)c2cc(C)ccc2C)c1C. The van der Waals surface area contributed by atoms with Gasteiger partial charge in [0.25, 0.3) is 10.0 Å². The van der Waals surface area contributed by atoms with Crippen molar-refractivity contribution in [1.29, 1.82) is 0 Å². The number of hydrogen-bond acceptors (Lipinski definition) is 3. The Hall–Kier alpha value is -1.82. The van der Waals surface area contributed by atoms with Gasteiger partial charge >= 0.3 is 0 Å². The van der Waals surface area contributed by atoms with Gasteiger partial charge in [0.2, 0.25) is 0 Å². The van der Waals surface area contributed by atoms with Crippen LogP contribution in [0.5, 0.6) is 0 Å². The summed E-state index contributed by atoms with van der Waals surface area (Å²) >= 11 is 0. The second kappa shape index (κ2) is 5.28. The predicted octanol–water partition coefficient (Wildman–Crippen LogP) is 2.63. The maximum atomic E-state index is 12.5. The van der Waals surface area contributed by atoms with E-state index in [1.165, 1.54) is 0 Å². The molecule has 0 radical (unpaired) electrons. The average Bonchev–Trinajstić information content (AvgIpc) is 2.73. The van der Waals surface area contributed by atoms with Gasteiger partial charge < -0.3 is 0 Å². The molecule has 1 heterocycles. The standard InChI is InChI=1S/C14H19N3O2S/c1-5-17-12(4)13(9-15-17)16-20(18,19)14-8-10(2)6-7-11(14)3/h6-9,16H,5H2,1-4H3. The van der Waals surface area contributed by atoms with Crippen LogP contribution in [0.1, 0.15) is 23.7 Å². The van der Waals surface area contributed by atoms with Crippen LogP contribution < -0.4 is 4.72 Å². The Morgan fingerprint density at radius 3 is 2.55 bits per heavy atom.